The summed E-state index contributed by atoms with van der Waals surface area (Å²) in [4.78, 5) is 6.65. The Bertz CT molecular complexity index is 285. The van der Waals surface area contributed by atoms with Gasteiger partial charge in [0.05, 0.1) is 0 Å². The SMILES string of the molecule is Cc1cc[nH]/c(=N\C=N)c1. The lowest BCUT2D eigenvalue weighted by Gasteiger charge is -1.88. The molecular weight excluding hydrogens is 126 g/mol. The second-order valence-corrected chi connectivity index (χ2v) is 2.01. The van der Waals surface area contributed by atoms with E-state index in [9.17, 15) is 0 Å². The zero-order valence-corrected chi connectivity index (χ0v) is 5.76. The van der Waals surface area contributed by atoms with Gasteiger partial charge in [-0.2, -0.15) is 0 Å². The van der Waals surface area contributed by atoms with Gasteiger partial charge in [-0.3, -0.25) is 5.41 Å². The van der Waals surface area contributed by atoms with Crippen molar-refractivity contribution in [1.82, 2.24) is 4.98 Å². The Hall–Kier alpha value is -1.38. The van der Waals surface area contributed by atoms with Gasteiger partial charge in [0, 0.05) is 6.20 Å². The average molecular weight is 135 g/mol. The fourth-order valence-corrected chi connectivity index (χ4v) is 0.708. The molecule has 0 spiro atoms. The van der Waals surface area contributed by atoms with E-state index in [0.717, 1.165) is 17.4 Å². The van der Waals surface area contributed by atoms with Gasteiger partial charge in [-0.15, -0.1) is 0 Å². The molecule has 2 N–H and O–H groups in total. The van der Waals surface area contributed by atoms with Crippen molar-refractivity contribution in [2.75, 3.05) is 0 Å². The van der Waals surface area contributed by atoms with E-state index in [1.165, 1.54) is 0 Å². The molecule has 0 atom stereocenters. The zero-order chi connectivity index (χ0) is 7.40. The van der Waals surface area contributed by atoms with Crippen LogP contribution in [-0.2, 0) is 0 Å². The van der Waals surface area contributed by atoms with E-state index >= 15 is 0 Å². The first-order chi connectivity index (χ1) is 4.83. The molecule has 10 heavy (non-hydrogen) atoms. The van der Waals surface area contributed by atoms with Crippen molar-refractivity contribution in [3.63, 3.8) is 0 Å². The molecule has 0 fully saturated rings. The number of H-pyrrole nitrogens is 1. The van der Waals surface area contributed by atoms with Crippen LogP contribution in [0.5, 0.6) is 0 Å². The van der Waals surface area contributed by atoms with E-state index in [2.05, 4.69) is 9.98 Å². The van der Waals surface area contributed by atoms with Crippen LogP contribution in [-0.4, -0.2) is 11.3 Å². The van der Waals surface area contributed by atoms with Crippen molar-refractivity contribution in [2.24, 2.45) is 4.99 Å². The van der Waals surface area contributed by atoms with Gasteiger partial charge < -0.3 is 4.98 Å². The summed E-state index contributed by atoms with van der Waals surface area (Å²) in [5.41, 5.74) is 1.86. The van der Waals surface area contributed by atoms with E-state index in [-0.39, 0.29) is 0 Å². The van der Waals surface area contributed by atoms with Crippen molar-refractivity contribution < 1.29 is 0 Å². The molecule has 0 aliphatic heterocycles. The Morgan fingerprint density at radius 3 is 3.10 bits per heavy atom. The fraction of sp³-hybridized carbons (Fsp3) is 0.143. The number of rotatable bonds is 1. The Morgan fingerprint density at radius 1 is 1.70 bits per heavy atom. The molecular formula is C7H9N3. The maximum absolute atomic E-state index is 6.70. The minimum atomic E-state index is 0.718. The molecule has 1 heterocycles. The third kappa shape index (κ3) is 1.55. The molecule has 3 nitrogen and oxygen atoms in total. The van der Waals surface area contributed by atoms with Crippen LogP contribution in [0.1, 0.15) is 5.56 Å². The molecule has 0 aliphatic rings. The van der Waals surface area contributed by atoms with Crippen LogP contribution in [0.2, 0.25) is 0 Å². The largest absolute Gasteiger partial charge is 0.347 e. The lowest BCUT2D eigenvalue weighted by atomic mass is 10.3. The second-order valence-electron chi connectivity index (χ2n) is 2.01. The number of pyridine rings is 1. The van der Waals surface area contributed by atoms with Gasteiger partial charge in [-0.25, -0.2) is 4.99 Å². The lowest BCUT2D eigenvalue weighted by molar-refractivity contribution is 1.15. The average Bonchev–Trinajstić information content (AvgIpc) is 1.88. The van der Waals surface area contributed by atoms with Gasteiger partial charge in [-0.05, 0) is 24.6 Å². The highest BCUT2D eigenvalue weighted by Crippen LogP contribution is 1.85. The number of aryl methyl sites for hydroxylation is 1. The Kier molecular flexibility index (Phi) is 1.99. The standard InChI is InChI=1S/C7H9N3/c1-6-2-3-9-7(4-6)10-5-8/h2-5H,1H3,(H2,8,9,10). The summed E-state index contributed by atoms with van der Waals surface area (Å²) in [7, 11) is 0. The summed E-state index contributed by atoms with van der Waals surface area (Å²) >= 11 is 0. The molecule has 1 aromatic rings. The predicted octanol–water partition coefficient (Wildman–Crippen LogP) is 0.831. The van der Waals surface area contributed by atoms with E-state index in [1.807, 2.05) is 19.1 Å². The summed E-state index contributed by atoms with van der Waals surface area (Å²) in [6, 6.07) is 3.83. The number of hydrogen-bond donors (Lipinski definition) is 2. The molecule has 0 aliphatic carbocycles. The van der Waals surface area contributed by atoms with E-state index in [4.69, 9.17) is 5.41 Å². The first-order valence-electron chi connectivity index (χ1n) is 3.01. The minimum Gasteiger partial charge on any atom is -0.347 e. The molecule has 0 amide bonds. The molecule has 1 rings (SSSR count). The van der Waals surface area contributed by atoms with E-state index in [0.29, 0.717) is 0 Å². The molecule has 1 aromatic heterocycles. The first-order valence-corrected chi connectivity index (χ1v) is 3.01. The quantitative estimate of drug-likeness (QED) is 0.423. The van der Waals surface area contributed by atoms with Gasteiger partial charge in [0.2, 0.25) is 0 Å². The minimum absolute atomic E-state index is 0.718. The Balaban J connectivity index is 3.19. The van der Waals surface area contributed by atoms with Crippen molar-refractivity contribution in [3.05, 3.63) is 29.4 Å². The zero-order valence-electron chi connectivity index (χ0n) is 5.76. The van der Waals surface area contributed by atoms with Crippen LogP contribution in [0, 0.1) is 12.3 Å². The molecule has 0 aromatic carbocycles. The van der Waals surface area contributed by atoms with Crippen molar-refractivity contribution in [2.45, 2.75) is 6.92 Å². The molecule has 0 saturated heterocycles. The number of aromatic amines is 1. The maximum Gasteiger partial charge on any atom is 0.131 e. The number of aromatic nitrogens is 1. The smallest absolute Gasteiger partial charge is 0.131 e. The van der Waals surface area contributed by atoms with Crippen LogP contribution < -0.4 is 5.49 Å². The van der Waals surface area contributed by atoms with Crippen molar-refractivity contribution in [1.29, 1.82) is 5.41 Å². The second kappa shape index (κ2) is 2.96. The summed E-state index contributed by atoms with van der Waals surface area (Å²) in [6.07, 6.45) is 2.82. The monoisotopic (exact) mass is 135 g/mol. The van der Waals surface area contributed by atoms with E-state index < -0.39 is 0 Å². The van der Waals surface area contributed by atoms with Gasteiger partial charge in [0.1, 0.15) is 11.8 Å². The summed E-state index contributed by atoms with van der Waals surface area (Å²) in [5, 5.41) is 6.70. The fourth-order valence-electron chi connectivity index (χ4n) is 0.708. The molecule has 0 saturated carbocycles. The topological polar surface area (TPSA) is 52.0 Å². The van der Waals surface area contributed by atoms with Gasteiger partial charge in [0.25, 0.3) is 0 Å². The third-order valence-corrected chi connectivity index (χ3v) is 1.15. The first kappa shape index (κ1) is 6.74. The molecule has 52 valence electrons. The van der Waals surface area contributed by atoms with Gasteiger partial charge >= 0.3 is 0 Å². The normalized spacial score (nSPS) is 11.5. The predicted molar refractivity (Wildman–Crippen MR) is 39.9 cm³/mol. The summed E-state index contributed by atoms with van der Waals surface area (Å²) in [5.74, 6) is 0. The number of nitrogens with zero attached hydrogens (tertiary/aromatic N) is 1. The maximum atomic E-state index is 6.70. The third-order valence-electron chi connectivity index (χ3n) is 1.15. The van der Waals surface area contributed by atoms with Crippen LogP contribution in [0.3, 0.4) is 0 Å². The lowest BCUT2D eigenvalue weighted by Crippen LogP contribution is -2.05. The van der Waals surface area contributed by atoms with Crippen LogP contribution in [0.4, 0.5) is 0 Å². The molecule has 3 heteroatoms. The molecule has 0 radical (unpaired) electrons. The van der Waals surface area contributed by atoms with Crippen LogP contribution in [0.25, 0.3) is 0 Å². The number of hydrogen-bond acceptors (Lipinski definition) is 1. The van der Waals surface area contributed by atoms with Crippen LogP contribution in [0.15, 0.2) is 23.3 Å². The van der Waals surface area contributed by atoms with Crippen LogP contribution >= 0.6 is 0 Å². The Labute approximate surface area is 59.0 Å². The summed E-state index contributed by atoms with van der Waals surface area (Å²) < 4.78 is 0. The van der Waals surface area contributed by atoms with Gasteiger partial charge in [-0.1, -0.05) is 0 Å². The highest BCUT2D eigenvalue weighted by Gasteiger charge is 1.79. The summed E-state index contributed by atoms with van der Waals surface area (Å²) in [6.45, 7) is 1.98. The molecule has 0 bridgehead atoms. The highest BCUT2D eigenvalue weighted by atomic mass is 14.8. The van der Waals surface area contributed by atoms with E-state index in [1.54, 1.807) is 6.20 Å². The van der Waals surface area contributed by atoms with Crippen molar-refractivity contribution in [3.8, 4) is 0 Å². The molecule has 0 unspecified atom stereocenters. The Morgan fingerprint density at radius 2 is 2.50 bits per heavy atom. The van der Waals surface area contributed by atoms with Gasteiger partial charge in [0.15, 0.2) is 0 Å². The highest BCUT2D eigenvalue weighted by molar-refractivity contribution is 5.50. The number of nitrogens with one attached hydrogen (secondary N) is 2. The van der Waals surface area contributed by atoms with Crippen molar-refractivity contribution >= 4 is 6.34 Å².